The van der Waals surface area contributed by atoms with E-state index in [1.807, 2.05) is 19.3 Å². The first-order valence-corrected chi connectivity index (χ1v) is 3.39. The molecule has 1 nitrogen and oxygen atoms in total. The van der Waals surface area contributed by atoms with Gasteiger partial charge in [-0.1, -0.05) is 24.8 Å². The highest BCUT2D eigenvalue weighted by molar-refractivity contribution is 5.76. The number of hydrogen-bond acceptors (Lipinski definition) is 1. The molecule has 0 aromatic heterocycles. The van der Waals surface area contributed by atoms with E-state index in [0.717, 1.165) is 11.1 Å². The molecule has 0 aliphatic rings. The van der Waals surface area contributed by atoms with Gasteiger partial charge in [-0.2, -0.15) is 0 Å². The van der Waals surface area contributed by atoms with Crippen LogP contribution in [0.2, 0.25) is 0 Å². The van der Waals surface area contributed by atoms with Crippen molar-refractivity contribution in [3.63, 3.8) is 0 Å². The Morgan fingerprint density at radius 3 is 2.73 bits per heavy atom. The predicted octanol–water partition coefficient (Wildman–Crippen LogP) is 2.10. The molecular weight excluding hydrogens is 136 g/mol. The highest BCUT2D eigenvalue weighted by Crippen LogP contribution is 2.10. The number of aryl methyl sites for hydroxylation is 1. The van der Waals surface area contributed by atoms with E-state index in [4.69, 9.17) is 0 Å². The van der Waals surface area contributed by atoms with Crippen LogP contribution in [0.3, 0.4) is 0 Å². The van der Waals surface area contributed by atoms with Gasteiger partial charge in [0.15, 0.2) is 0 Å². The van der Waals surface area contributed by atoms with E-state index in [0.29, 0.717) is 5.56 Å². The van der Waals surface area contributed by atoms with Crippen molar-refractivity contribution in [2.45, 2.75) is 6.92 Å². The summed E-state index contributed by atoms with van der Waals surface area (Å²) >= 11 is 0. The van der Waals surface area contributed by atoms with E-state index in [1.165, 1.54) is 0 Å². The van der Waals surface area contributed by atoms with Crippen molar-refractivity contribution in [3.05, 3.63) is 41.5 Å². The van der Waals surface area contributed by atoms with E-state index in [2.05, 4.69) is 6.58 Å². The lowest BCUT2D eigenvalue weighted by molar-refractivity contribution is 0.562. The van der Waals surface area contributed by atoms with Crippen LogP contribution in [0, 0.1) is 6.92 Å². The molecule has 0 saturated carbocycles. The van der Waals surface area contributed by atoms with Crippen LogP contribution < -0.4 is 0 Å². The number of hydrogen-bond donors (Lipinski definition) is 0. The number of rotatable bonds is 2. The van der Waals surface area contributed by atoms with Crippen LogP contribution in [0.4, 0.5) is 0 Å². The monoisotopic (exact) mass is 145 g/mol. The molecule has 0 saturated heterocycles. The average Bonchev–Trinajstić information content (AvgIpc) is 2.04. The fourth-order valence-corrected chi connectivity index (χ4v) is 0.968. The summed E-state index contributed by atoms with van der Waals surface area (Å²) in [5.74, 6) is 0. The first kappa shape index (κ1) is 7.73. The highest BCUT2D eigenvalue weighted by Gasteiger charge is 1.95. The van der Waals surface area contributed by atoms with Crippen LogP contribution >= 0.6 is 0 Å². The Balaban J connectivity index is 3.18. The Hall–Kier alpha value is -1.37. The fourth-order valence-electron chi connectivity index (χ4n) is 0.968. The number of carbonyl (C=O) groups excluding carboxylic acids is 1. The van der Waals surface area contributed by atoms with Gasteiger partial charge in [-0.15, -0.1) is 0 Å². The van der Waals surface area contributed by atoms with E-state index in [1.54, 1.807) is 18.2 Å². The van der Waals surface area contributed by atoms with Gasteiger partial charge in [0, 0.05) is 5.56 Å². The van der Waals surface area contributed by atoms with E-state index >= 15 is 0 Å². The molecule has 1 heteroatoms. The van der Waals surface area contributed by atoms with E-state index in [-0.39, 0.29) is 0 Å². The summed E-state index contributed by atoms with van der Waals surface area (Å²) < 4.78 is 0. The molecule has 0 aliphatic carbocycles. The summed E-state index contributed by atoms with van der Waals surface area (Å²) in [6, 6.07) is 5.39. The summed E-state index contributed by atoms with van der Waals surface area (Å²) in [5, 5.41) is 0. The van der Waals surface area contributed by atoms with Crippen molar-refractivity contribution >= 4 is 12.4 Å². The van der Waals surface area contributed by atoms with Crippen LogP contribution in [0.25, 0.3) is 6.08 Å². The second-order valence-electron chi connectivity index (χ2n) is 2.38. The maximum Gasteiger partial charge on any atom is 0.233 e. The lowest BCUT2D eigenvalue weighted by Gasteiger charge is -1.98. The van der Waals surface area contributed by atoms with Crippen molar-refractivity contribution in [1.29, 1.82) is 0 Å². The third-order valence-corrected chi connectivity index (χ3v) is 1.61. The van der Waals surface area contributed by atoms with Gasteiger partial charge in [0.1, 0.15) is 0 Å². The van der Waals surface area contributed by atoms with E-state index < -0.39 is 0 Å². The molecule has 1 aromatic rings. The molecule has 0 bridgehead atoms. The topological polar surface area (TPSA) is 17.1 Å². The van der Waals surface area contributed by atoms with E-state index in [9.17, 15) is 4.79 Å². The molecule has 1 radical (unpaired) electrons. The molecule has 0 N–H and O–H groups in total. The Labute approximate surface area is 66.4 Å². The maximum atomic E-state index is 10.2. The van der Waals surface area contributed by atoms with Crippen molar-refractivity contribution in [1.82, 2.24) is 0 Å². The van der Waals surface area contributed by atoms with Gasteiger partial charge in [0.05, 0.1) is 0 Å². The molecule has 55 valence electrons. The van der Waals surface area contributed by atoms with Gasteiger partial charge < -0.3 is 0 Å². The SMILES string of the molecule is C=Cc1ccc([C]=O)cc1C. The molecule has 0 atom stereocenters. The molecule has 11 heavy (non-hydrogen) atoms. The first-order valence-electron chi connectivity index (χ1n) is 3.39. The van der Waals surface area contributed by atoms with Gasteiger partial charge in [-0.3, -0.25) is 4.79 Å². The fraction of sp³-hybridized carbons (Fsp3) is 0.100. The molecule has 0 fully saturated rings. The van der Waals surface area contributed by atoms with Crippen LogP contribution in [0.15, 0.2) is 24.8 Å². The minimum absolute atomic E-state index is 0.591. The second kappa shape index (κ2) is 3.15. The zero-order valence-corrected chi connectivity index (χ0v) is 6.42. The zero-order valence-electron chi connectivity index (χ0n) is 6.42. The Morgan fingerprint density at radius 1 is 1.55 bits per heavy atom. The van der Waals surface area contributed by atoms with Crippen LogP contribution in [-0.4, -0.2) is 6.29 Å². The first-order chi connectivity index (χ1) is 5.27. The number of benzene rings is 1. The van der Waals surface area contributed by atoms with Crippen molar-refractivity contribution in [2.24, 2.45) is 0 Å². The minimum atomic E-state index is 0.591. The van der Waals surface area contributed by atoms with Gasteiger partial charge in [0.2, 0.25) is 6.29 Å². The smallest absolute Gasteiger partial charge is 0.233 e. The van der Waals surface area contributed by atoms with Crippen LogP contribution in [0.5, 0.6) is 0 Å². The lowest BCUT2D eigenvalue weighted by atomic mass is 10.1. The normalized spacial score (nSPS) is 9.18. The Bertz CT molecular complexity index is 287. The van der Waals surface area contributed by atoms with Crippen molar-refractivity contribution in [2.75, 3.05) is 0 Å². The average molecular weight is 145 g/mol. The second-order valence-corrected chi connectivity index (χ2v) is 2.38. The van der Waals surface area contributed by atoms with Crippen LogP contribution in [0.1, 0.15) is 16.7 Å². The lowest BCUT2D eigenvalue weighted by Crippen LogP contribution is -1.84. The Morgan fingerprint density at radius 2 is 2.27 bits per heavy atom. The summed E-state index contributed by atoms with van der Waals surface area (Å²) in [7, 11) is 0. The molecule has 0 heterocycles. The standard InChI is InChI=1S/C10H9O/c1-3-10-5-4-9(7-11)6-8(10)2/h3-6H,1H2,2H3. The summed E-state index contributed by atoms with van der Waals surface area (Å²) in [5.41, 5.74) is 2.71. The molecule has 0 amide bonds. The summed E-state index contributed by atoms with van der Waals surface area (Å²) in [6.45, 7) is 5.59. The minimum Gasteiger partial charge on any atom is -0.285 e. The van der Waals surface area contributed by atoms with Crippen LogP contribution in [-0.2, 0) is 4.79 Å². The molecule has 0 spiro atoms. The summed E-state index contributed by atoms with van der Waals surface area (Å²) in [6.07, 6.45) is 3.60. The third kappa shape index (κ3) is 1.55. The van der Waals surface area contributed by atoms with Gasteiger partial charge in [-0.25, -0.2) is 0 Å². The molecule has 1 aromatic carbocycles. The van der Waals surface area contributed by atoms with Gasteiger partial charge in [0.25, 0.3) is 0 Å². The van der Waals surface area contributed by atoms with Crippen molar-refractivity contribution in [3.8, 4) is 0 Å². The molecule has 0 unspecified atom stereocenters. The molecule has 1 rings (SSSR count). The highest BCUT2D eigenvalue weighted by atomic mass is 16.1. The Kier molecular flexibility index (Phi) is 2.21. The van der Waals surface area contributed by atoms with Gasteiger partial charge >= 0.3 is 0 Å². The summed E-state index contributed by atoms with van der Waals surface area (Å²) in [4.78, 5) is 10.2. The largest absolute Gasteiger partial charge is 0.285 e. The zero-order chi connectivity index (χ0) is 8.27. The maximum absolute atomic E-state index is 10.2. The molecular formula is C10H9O. The third-order valence-electron chi connectivity index (χ3n) is 1.61. The molecule has 0 aliphatic heterocycles. The quantitative estimate of drug-likeness (QED) is 0.622. The van der Waals surface area contributed by atoms with Gasteiger partial charge in [-0.05, 0) is 24.1 Å². The van der Waals surface area contributed by atoms with Crippen molar-refractivity contribution < 1.29 is 4.79 Å². The predicted molar refractivity (Wildman–Crippen MR) is 46.1 cm³/mol.